The highest BCUT2D eigenvalue weighted by molar-refractivity contribution is 7.99. The molecule has 0 aromatic carbocycles. The summed E-state index contributed by atoms with van der Waals surface area (Å²) in [6.07, 6.45) is 5.61. The molecule has 0 bridgehead atoms. The molecule has 1 heteroatoms. The second-order valence-electron chi connectivity index (χ2n) is 1.54. The molecule has 0 aromatic rings. The average molecular weight is 130 g/mol. The van der Waals surface area contributed by atoms with E-state index in [1.54, 1.807) is 0 Å². The molecule has 0 rings (SSSR count). The van der Waals surface area contributed by atoms with E-state index in [4.69, 9.17) is 0 Å². The molecule has 0 nitrogen and oxygen atoms in total. The van der Waals surface area contributed by atoms with E-state index in [1.807, 2.05) is 11.8 Å². The maximum atomic E-state index is 2.23. The van der Waals surface area contributed by atoms with Crippen molar-refractivity contribution in [3.05, 3.63) is 12.2 Å². The van der Waals surface area contributed by atoms with Gasteiger partial charge in [-0.1, -0.05) is 26.0 Å². The molecule has 0 spiro atoms. The molecule has 0 aliphatic carbocycles. The van der Waals surface area contributed by atoms with Crippen LogP contribution in [0.1, 0.15) is 20.3 Å². The number of hydrogen-bond donors (Lipinski definition) is 0. The normalized spacial score (nSPS) is 10.8. The molecule has 0 atom stereocenters. The van der Waals surface area contributed by atoms with E-state index >= 15 is 0 Å². The molecule has 0 aromatic heterocycles. The fraction of sp³-hybridized carbons (Fsp3) is 0.714. The van der Waals surface area contributed by atoms with Gasteiger partial charge in [0.1, 0.15) is 0 Å². The van der Waals surface area contributed by atoms with Crippen molar-refractivity contribution < 1.29 is 0 Å². The molecule has 0 saturated heterocycles. The smallest absolute Gasteiger partial charge is 0.0113 e. The van der Waals surface area contributed by atoms with Gasteiger partial charge in [-0.2, -0.15) is 11.8 Å². The van der Waals surface area contributed by atoms with E-state index in [0.717, 1.165) is 0 Å². The summed E-state index contributed by atoms with van der Waals surface area (Å²) in [6.45, 7) is 4.34. The quantitative estimate of drug-likeness (QED) is 0.416. The zero-order chi connectivity index (χ0) is 6.24. The lowest BCUT2D eigenvalue weighted by atomic mass is 10.4. The van der Waals surface area contributed by atoms with Crippen molar-refractivity contribution in [3.63, 3.8) is 0 Å². The molecule has 0 unspecified atom stereocenters. The molecule has 0 aliphatic heterocycles. The van der Waals surface area contributed by atoms with E-state index in [9.17, 15) is 0 Å². The molecular weight excluding hydrogens is 116 g/mol. The third-order valence-electron chi connectivity index (χ3n) is 0.821. The molecule has 0 amide bonds. The lowest BCUT2D eigenvalue weighted by Crippen LogP contribution is -1.70. The largest absolute Gasteiger partial charge is 0.158 e. The van der Waals surface area contributed by atoms with Crippen LogP contribution in [0.15, 0.2) is 12.2 Å². The Bertz CT molecular complexity index is 57.4. The van der Waals surface area contributed by atoms with Crippen LogP contribution in [0.2, 0.25) is 0 Å². The summed E-state index contributed by atoms with van der Waals surface area (Å²) in [6, 6.07) is 0. The average Bonchev–Trinajstić information content (AvgIpc) is 1.81. The number of allylic oxidation sites excluding steroid dienone is 1. The second kappa shape index (κ2) is 7.09. The summed E-state index contributed by atoms with van der Waals surface area (Å²) in [5.74, 6) is 2.42. The lowest BCUT2D eigenvalue weighted by Gasteiger charge is -1.86. The van der Waals surface area contributed by atoms with Crippen LogP contribution in [0.3, 0.4) is 0 Å². The first-order valence-corrected chi connectivity index (χ1v) is 4.30. The topological polar surface area (TPSA) is 0 Å². The maximum absolute atomic E-state index is 2.23. The van der Waals surface area contributed by atoms with Crippen molar-refractivity contribution in [2.45, 2.75) is 20.3 Å². The predicted molar refractivity (Wildman–Crippen MR) is 42.4 cm³/mol. The van der Waals surface area contributed by atoms with Crippen molar-refractivity contribution in [3.8, 4) is 0 Å². The van der Waals surface area contributed by atoms with Gasteiger partial charge in [0, 0.05) is 5.75 Å². The first-order valence-electron chi connectivity index (χ1n) is 3.14. The van der Waals surface area contributed by atoms with Crippen LogP contribution in [-0.2, 0) is 0 Å². The van der Waals surface area contributed by atoms with Crippen LogP contribution in [0.4, 0.5) is 0 Å². The number of thioether (sulfide) groups is 1. The van der Waals surface area contributed by atoms with Crippen molar-refractivity contribution in [1.29, 1.82) is 0 Å². The molecule has 0 radical (unpaired) electrons. The van der Waals surface area contributed by atoms with Gasteiger partial charge in [-0.3, -0.25) is 0 Å². The minimum atomic E-state index is 1.17. The summed E-state index contributed by atoms with van der Waals surface area (Å²) >= 11 is 1.96. The van der Waals surface area contributed by atoms with Crippen molar-refractivity contribution in [2.24, 2.45) is 0 Å². The van der Waals surface area contributed by atoms with Crippen molar-refractivity contribution in [1.82, 2.24) is 0 Å². The third-order valence-corrected chi connectivity index (χ3v) is 1.66. The Morgan fingerprint density at radius 1 is 1.25 bits per heavy atom. The van der Waals surface area contributed by atoms with Gasteiger partial charge < -0.3 is 0 Å². The Hall–Kier alpha value is 0.0900. The highest BCUT2D eigenvalue weighted by atomic mass is 32.2. The van der Waals surface area contributed by atoms with Crippen LogP contribution < -0.4 is 0 Å². The number of hydrogen-bond acceptors (Lipinski definition) is 1. The third kappa shape index (κ3) is 6.09. The van der Waals surface area contributed by atoms with E-state index in [2.05, 4.69) is 26.0 Å². The first kappa shape index (κ1) is 8.09. The standard InChI is InChI=1S/C7H14S/c1-3-5-6-7-8-4-2/h5-6H,3-4,7H2,1-2H3. The van der Waals surface area contributed by atoms with E-state index in [0.29, 0.717) is 0 Å². The Kier molecular flexibility index (Phi) is 7.17. The van der Waals surface area contributed by atoms with Gasteiger partial charge in [0.25, 0.3) is 0 Å². The monoisotopic (exact) mass is 130 g/mol. The van der Waals surface area contributed by atoms with Crippen molar-refractivity contribution in [2.75, 3.05) is 11.5 Å². The Balaban J connectivity index is 2.80. The van der Waals surface area contributed by atoms with E-state index in [1.165, 1.54) is 17.9 Å². The van der Waals surface area contributed by atoms with Gasteiger partial charge in [0.2, 0.25) is 0 Å². The molecule has 0 saturated carbocycles. The molecule has 8 heavy (non-hydrogen) atoms. The van der Waals surface area contributed by atoms with Crippen LogP contribution in [0.5, 0.6) is 0 Å². The molecule has 0 heterocycles. The molecule has 0 fully saturated rings. The number of rotatable bonds is 4. The van der Waals surface area contributed by atoms with Gasteiger partial charge in [0.15, 0.2) is 0 Å². The van der Waals surface area contributed by atoms with E-state index in [-0.39, 0.29) is 0 Å². The van der Waals surface area contributed by atoms with Crippen molar-refractivity contribution >= 4 is 11.8 Å². The summed E-state index contributed by atoms with van der Waals surface area (Å²) in [7, 11) is 0. The summed E-state index contributed by atoms with van der Waals surface area (Å²) in [5.41, 5.74) is 0. The SMILES string of the molecule is CCC=CCSCC. The fourth-order valence-electron chi connectivity index (χ4n) is 0.421. The lowest BCUT2D eigenvalue weighted by molar-refractivity contribution is 1.22. The maximum Gasteiger partial charge on any atom is 0.0113 e. The zero-order valence-corrected chi connectivity index (χ0v) is 6.50. The van der Waals surface area contributed by atoms with Gasteiger partial charge in [-0.05, 0) is 12.2 Å². The summed E-state index contributed by atoms with van der Waals surface area (Å²) in [4.78, 5) is 0. The zero-order valence-electron chi connectivity index (χ0n) is 5.68. The van der Waals surface area contributed by atoms with Crippen LogP contribution in [-0.4, -0.2) is 11.5 Å². The van der Waals surface area contributed by atoms with Gasteiger partial charge in [-0.25, -0.2) is 0 Å². The Morgan fingerprint density at radius 3 is 2.50 bits per heavy atom. The minimum Gasteiger partial charge on any atom is -0.158 e. The minimum absolute atomic E-state index is 1.17. The highest BCUT2D eigenvalue weighted by Gasteiger charge is 1.74. The Labute approximate surface area is 56.4 Å². The summed E-state index contributed by atoms with van der Waals surface area (Å²) < 4.78 is 0. The fourth-order valence-corrected chi connectivity index (χ4v) is 0.928. The Morgan fingerprint density at radius 2 is 2.00 bits per heavy atom. The molecule has 0 aliphatic rings. The van der Waals surface area contributed by atoms with Gasteiger partial charge in [-0.15, -0.1) is 0 Å². The van der Waals surface area contributed by atoms with Gasteiger partial charge in [0.05, 0.1) is 0 Å². The first-order chi connectivity index (χ1) is 3.91. The molecule has 0 N–H and O–H groups in total. The second-order valence-corrected chi connectivity index (χ2v) is 2.86. The van der Waals surface area contributed by atoms with Gasteiger partial charge >= 0.3 is 0 Å². The van der Waals surface area contributed by atoms with Crippen LogP contribution in [0.25, 0.3) is 0 Å². The summed E-state index contributed by atoms with van der Waals surface area (Å²) in [5, 5.41) is 0. The predicted octanol–water partition coefficient (Wildman–Crippen LogP) is 2.71. The van der Waals surface area contributed by atoms with Crippen LogP contribution in [0, 0.1) is 0 Å². The molecule has 48 valence electrons. The molecular formula is C7H14S. The van der Waals surface area contributed by atoms with E-state index < -0.39 is 0 Å². The highest BCUT2D eigenvalue weighted by Crippen LogP contribution is 1.97. The van der Waals surface area contributed by atoms with Crippen LogP contribution >= 0.6 is 11.8 Å².